The quantitative estimate of drug-likeness (QED) is 0.885. The molecule has 24 heavy (non-hydrogen) atoms. The molecule has 1 fully saturated rings. The van der Waals surface area contributed by atoms with Gasteiger partial charge in [0.1, 0.15) is 6.54 Å². The fourth-order valence-electron chi connectivity index (χ4n) is 3.68. The predicted molar refractivity (Wildman–Crippen MR) is 89.0 cm³/mol. The molecule has 1 aromatic rings. The maximum absolute atomic E-state index is 12.7. The van der Waals surface area contributed by atoms with Gasteiger partial charge in [0.15, 0.2) is 0 Å². The van der Waals surface area contributed by atoms with Gasteiger partial charge in [0.05, 0.1) is 5.69 Å². The van der Waals surface area contributed by atoms with E-state index in [0.29, 0.717) is 23.5 Å². The van der Waals surface area contributed by atoms with Crippen molar-refractivity contribution in [2.24, 2.45) is 0 Å². The van der Waals surface area contributed by atoms with E-state index in [9.17, 15) is 13.2 Å². The van der Waals surface area contributed by atoms with Crippen LogP contribution in [0.15, 0.2) is 0 Å². The van der Waals surface area contributed by atoms with Crippen LogP contribution in [-0.2, 0) is 6.54 Å². The molecule has 1 saturated heterocycles. The average molecular weight is 346 g/mol. The second-order valence-corrected chi connectivity index (χ2v) is 7.15. The summed E-state index contributed by atoms with van der Waals surface area (Å²) in [5.41, 5.74) is 2.17. The minimum absolute atomic E-state index is 0.00239. The maximum Gasteiger partial charge on any atom is 0.408 e. The molecule has 1 aromatic heterocycles. The Kier molecular flexibility index (Phi) is 5.96. The van der Waals surface area contributed by atoms with Crippen LogP contribution in [0.25, 0.3) is 0 Å². The summed E-state index contributed by atoms with van der Waals surface area (Å²) < 4.78 is 39.0. The van der Waals surface area contributed by atoms with Gasteiger partial charge in [-0.1, -0.05) is 0 Å². The fourth-order valence-corrected chi connectivity index (χ4v) is 3.68. The summed E-state index contributed by atoms with van der Waals surface area (Å²) >= 11 is 0. The molecule has 2 heterocycles. The molecular weight excluding hydrogens is 317 g/mol. The highest BCUT2D eigenvalue weighted by Crippen LogP contribution is 2.26. The molecule has 0 unspecified atom stereocenters. The van der Waals surface area contributed by atoms with Gasteiger partial charge in [-0.15, -0.1) is 0 Å². The lowest BCUT2D eigenvalue weighted by Gasteiger charge is -2.36. The van der Waals surface area contributed by atoms with Crippen LogP contribution in [0.4, 0.5) is 13.2 Å². The summed E-state index contributed by atoms with van der Waals surface area (Å²) in [5, 5.41) is 7.68. The van der Waals surface area contributed by atoms with Gasteiger partial charge in [-0.25, -0.2) is 0 Å². The van der Waals surface area contributed by atoms with E-state index in [1.54, 1.807) is 13.8 Å². The second kappa shape index (κ2) is 7.44. The van der Waals surface area contributed by atoms with Crippen molar-refractivity contribution in [3.8, 4) is 0 Å². The topological polar surface area (TPSA) is 33.1 Å². The van der Waals surface area contributed by atoms with Crippen molar-refractivity contribution < 1.29 is 13.2 Å². The zero-order valence-corrected chi connectivity index (χ0v) is 15.2. The number of rotatable bonds is 5. The molecule has 0 aromatic carbocycles. The molecule has 0 aliphatic carbocycles. The molecular formula is C17H29F3N4. The first-order valence-corrected chi connectivity index (χ1v) is 8.69. The minimum atomic E-state index is -4.25. The van der Waals surface area contributed by atoms with Gasteiger partial charge < -0.3 is 10.2 Å². The number of nitrogens with one attached hydrogen (secondary N) is 1. The number of nitrogens with zero attached hydrogens (tertiary/aromatic N) is 3. The molecule has 0 saturated carbocycles. The van der Waals surface area contributed by atoms with E-state index in [-0.39, 0.29) is 6.04 Å². The largest absolute Gasteiger partial charge is 0.408 e. The van der Waals surface area contributed by atoms with Crippen molar-refractivity contribution in [3.05, 3.63) is 17.0 Å². The lowest BCUT2D eigenvalue weighted by Crippen LogP contribution is -2.45. The summed E-state index contributed by atoms with van der Waals surface area (Å²) in [4.78, 5) is 2.46. The van der Waals surface area contributed by atoms with E-state index in [1.807, 2.05) is 6.92 Å². The van der Waals surface area contributed by atoms with Crippen molar-refractivity contribution in [2.45, 2.75) is 78.3 Å². The number of hydrogen-bond donors (Lipinski definition) is 1. The van der Waals surface area contributed by atoms with Crippen LogP contribution < -0.4 is 5.32 Å². The molecule has 4 nitrogen and oxygen atoms in total. The standard InChI is InChI=1S/C17H29F3N4/c1-11(2)23-8-6-15(7-9-23)21-12(3)16-13(4)22-24(14(16)5)10-17(18,19)20/h11-12,15,21H,6-10H2,1-5H3/t12-/m0/s1. The Hall–Kier alpha value is -1.08. The molecule has 1 aliphatic heterocycles. The van der Waals surface area contributed by atoms with Gasteiger partial charge in [-0.05, 0) is 60.5 Å². The van der Waals surface area contributed by atoms with Crippen LogP contribution in [0.2, 0.25) is 0 Å². The normalized spacial score (nSPS) is 19.2. The summed E-state index contributed by atoms with van der Waals surface area (Å²) in [6.07, 6.45) is -2.12. The molecule has 1 atom stereocenters. The van der Waals surface area contributed by atoms with Crippen molar-refractivity contribution in [3.63, 3.8) is 0 Å². The van der Waals surface area contributed by atoms with Crippen LogP contribution in [-0.4, -0.2) is 46.0 Å². The SMILES string of the molecule is Cc1nn(CC(F)(F)F)c(C)c1[C@H](C)NC1CCN(C(C)C)CC1. The summed E-state index contributed by atoms with van der Waals surface area (Å²) in [6, 6.07) is 0.968. The van der Waals surface area contributed by atoms with E-state index in [1.165, 1.54) is 0 Å². The Morgan fingerprint density at radius 2 is 1.75 bits per heavy atom. The van der Waals surface area contributed by atoms with Gasteiger partial charge in [0, 0.05) is 29.4 Å². The van der Waals surface area contributed by atoms with Crippen LogP contribution in [0.1, 0.15) is 56.6 Å². The van der Waals surface area contributed by atoms with E-state index in [4.69, 9.17) is 0 Å². The van der Waals surface area contributed by atoms with Gasteiger partial charge in [0.25, 0.3) is 0 Å². The highest BCUT2D eigenvalue weighted by atomic mass is 19.4. The molecule has 0 spiro atoms. The van der Waals surface area contributed by atoms with E-state index >= 15 is 0 Å². The van der Waals surface area contributed by atoms with Crippen LogP contribution in [0.3, 0.4) is 0 Å². The molecule has 138 valence electrons. The van der Waals surface area contributed by atoms with Crippen molar-refractivity contribution in [1.29, 1.82) is 0 Å². The fraction of sp³-hybridized carbons (Fsp3) is 0.824. The van der Waals surface area contributed by atoms with Gasteiger partial charge in [-0.2, -0.15) is 18.3 Å². The van der Waals surface area contributed by atoms with Crippen LogP contribution >= 0.6 is 0 Å². The van der Waals surface area contributed by atoms with E-state index < -0.39 is 12.7 Å². The molecule has 0 radical (unpaired) electrons. The first kappa shape index (κ1) is 19.2. The molecule has 2 rings (SSSR count). The maximum atomic E-state index is 12.7. The van der Waals surface area contributed by atoms with Crippen molar-refractivity contribution in [2.75, 3.05) is 13.1 Å². The number of piperidine rings is 1. The molecule has 1 aliphatic rings. The third-order valence-electron chi connectivity index (χ3n) is 4.95. The smallest absolute Gasteiger partial charge is 0.307 e. The Morgan fingerprint density at radius 3 is 2.25 bits per heavy atom. The lowest BCUT2D eigenvalue weighted by molar-refractivity contribution is -0.143. The molecule has 0 amide bonds. The number of likely N-dealkylation sites (tertiary alicyclic amines) is 1. The van der Waals surface area contributed by atoms with Crippen molar-refractivity contribution >= 4 is 0 Å². The van der Waals surface area contributed by atoms with Crippen LogP contribution in [0, 0.1) is 13.8 Å². The van der Waals surface area contributed by atoms with Gasteiger partial charge in [0.2, 0.25) is 0 Å². The average Bonchev–Trinajstić information content (AvgIpc) is 2.71. The highest BCUT2D eigenvalue weighted by molar-refractivity contribution is 5.28. The Bertz CT molecular complexity index is 543. The Morgan fingerprint density at radius 1 is 1.17 bits per heavy atom. The predicted octanol–water partition coefficient (Wildman–Crippen LogP) is 3.59. The number of hydrogen-bond acceptors (Lipinski definition) is 3. The zero-order valence-electron chi connectivity index (χ0n) is 15.2. The zero-order chi connectivity index (χ0) is 18.1. The van der Waals surface area contributed by atoms with E-state index in [2.05, 4.69) is 29.2 Å². The second-order valence-electron chi connectivity index (χ2n) is 7.15. The first-order chi connectivity index (χ1) is 11.1. The van der Waals surface area contributed by atoms with E-state index in [0.717, 1.165) is 36.2 Å². The summed E-state index contributed by atoms with van der Waals surface area (Å²) in [5.74, 6) is 0. The molecule has 0 bridgehead atoms. The Balaban J connectivity index is 2.01. The van der Waals surface area contributed by atoms with Gasteiger partial charge >= 0.3 is 6.18 Å². The number of aromatic nitrogens is 2. The minimum Gasteiger partial charge on any atom is -0.307 e. The summed E-state index contributed by atoms with van der Waals surface area (Å²) in [7, 11) is 0. The number of aryl methyl sites for hydroxylation is 1. The molecule has 1 N–H and O–H groups in total. The third-order valence-corrected chi connectivity index (χ3v) is 4.95. The van der Waals surface area contributed by atoms with Crippen LogP contribution in [0.5, 0.6) is 0 Å². The number of alkyl halides is 3. The Labute approximate surface area is 142 Å². The number of halogens is 3. The van der Waals surface area contributed by atoms with Gasteiger partial charge in [-0.3, -0.25) is 4.68 Å². The third kappa shape index (κ3) is 4.72. The highest BCUT2D eigenvalue weighted by Gasteiger charge is 2.31. The molecule has 7 heteroatoms. The first-order valence-electron chi connectivity index (χ1n) is 8.69. The van der Waals surface area contributed by atoms with Crippen molar-refractivity contribution in [1.82, 2.24) is 20.0 Å². The monoisotopic (exact) mass is 346 g/mol. The summed E-state index contributed by atoms with van der Waals surface area (Å²) in [6.45, 7) is 11.0. The lowest BCUT2D eigenvalue weighted by atomic mass is 10.00.